The lowest BCUT2D eigenvalue weighted by Crippen LogP contribution is -2.25. The molecular formula is C11H14ClNO4S. The number of hydrogen-bond donors (Lipinski definition) is 1. The minimum atomic E-state index is -3.70. The summed E-state index contributed by atoms with van der Waals surface area (Å²) in [5, 5.41) is 0.200. The first-order chi connectivity index (χ1) is 8.40. The summed E-state index contributed by atoms with van der Waals surface area (Å²) in [6.45, 7) is 3.37. The first-order valence-electron chi connectivity index (χ1n) is 4.95. The van der Waals surface area contributed by atoms with Gasteiger partial charge in [0.15, 0.2) is 0 Å². The van der Waals surface area contributed by atoms with Gasteiger partial charge in [0.2, 0.25) is 10.0 Å². The lowest BCUT2D eigenvalue weighted by molar-refractivity contribution is 0.386. The predicted molar refractivity (Wildman–Crippen MR) is 69.7 cm³/mol. The highest BCUT2D eigenvalue weighted by Crippen LogP contribution is 2.28. The minimum absolute atomic E-state index is 0.0173. The van der Waals surface area contributed by atoms with Gasteiger partial charge in [-0.1, -0.05) is 18.2 Å². The Kier molecular flexibility index (Phi) is 5.01. The Labute approximate surface area is 111 Å². The first-order valence-corrected chi connectivity index (χ1v) is 6.82. The van der Waals surface area contributed by atoms with Crippen LogP contribution in [-0.2, 0) is 10.0 Å². The molecule has 1 aromatic carbocycles. The van der Waals surface area contributed by atoms with Gasteiger partial charge in [0.25, 0.3) is 0 Å². The van der Waals surface area contributed by atoms with Crippen molar-refractivity contribution in [3.63, 3.8) is 0 Å². The third kappa shape index (κ3) is 3.63. The third-order valence-electron chi connectivity index (χ3n) is 2.11. The fraction of sp³-hybridized carbons (Fsp3) is 0.273. The molecule has 0 saturated carbocycles. The summed E-state index contributed by atoms with van der Waals surface area (Å²) in [5.74, 6) is 0.703. The van der Waals surface area contributed by atoms with E-state index in [9.17, 15) is 8.42 Å². The van der Waals surface area contributed by atoms with Crippen LogP contribution in [0.15, 0.2) is 34.7 Å². The van der Waals surface area contributed by atoms with E-state index in [1.54, 1.807) is 0 Å². The number of sulfonamides is 1. The maximum Gasteiger partial charge on any atom is 0.244 e. The van der Waals surface area contributed by atoms with Gasteiger partial charge in [0.05, 0.1) is 14.2 Å². The molecule has 1 N–H and O–H groups in total. The lowest BCUT2D eigenvalue weighted by atomic mass is 10.3. The Morgan fingerprint density at radius 3 is 2.56 bits per heavy atom. The number of nitrogens with one attached hydrogen (secondary N) is 1. The molecular weight excluding hydrogens is 278 g/mol. The molecule has 1 rings (SSSR count). The molecule has 5 nitrogen and oxygen atoms in total. The van der Waals surface area contributed by atoms with Gasteiger partial charge in [-0.3, -0.25) is 0 Å². The van der Waals surface area contributed by atoms with Gasteiger partial charge >= 0.3 is 0 Å². The van der Waals surface area contributed by atoms with Gasteiger partial charge in [-0.05, 0) is 12.1 Å². The second kappa shape index (κ2) is 6.08. The van der Waals surface area contributed by atoms with Crippen molar-refractivity contribution in [1.29, 1.82) is 0 Å². The number of hydrogen-bond acceptors (Lipinski definition) is 4. The molecule has 100 valence electrons. The molecule has 0 aliphatic heterocycles. The summed E-state index contributed by atoms with van der Waals surface area (Å²) in [6.07, 6.45) is 0. The van der Waals surface area contributed by atoms with Gasteiger partial charge in [0.1, 0.15) is 16.4 Å². The fourth-order valence-electron chi connectivity index (χ4n) is 1.25. The van der Waals surface area contributed by atoms with Gasteiger partial charge in [-0.2, -0.15) is 0 Å². The normalized spacial score (nSPS) is 11.1. The Morgan fingerprint density at radius 2 is 2.06 bits per heavy atom. The molecule has 0 radical (unpaired) electrons. The van der Waals surface area contributed by atoms with Crippen molar-refractivity contribution in [2.24, 2.45) is 0 Å². The molecule has 0 heterocycles. The van der Waals surface area contributed by atoms with E-state index in [0.29, 0.717) is 5.75 Å². The molecule has 0 fully saturated rings. The standard InChI is InChI=1S/C11H14ClNO4S/c1-8(12)7-13-18(14,15)11-5-4-9(16-2)6-10(11)17-3/h4-6,13H,1,7H2,2-3H3. The van der Waals surface area contributed by atoms with Crippen LogP contribution in [0.1, 0.15) is 0 Å². The molecule has 0 spiro atoms. The summed E-state index contributed by atoms with van der Waals surface area (Å²) in [4.78, 5) is 0.0173. The van der Waals surface area contributed by atoms with Crippen LogP contribution in [-0.4, -0.2) is 29.2 Å². The first kappa shape index (κ1) is 14.8. The highest BCUT2D eigenvalue weighted by molar-refractivity contribution is 7.89. The van der Waals surface area contributed by atoms with Crippen molar-refractivity contribution in [2.45, 2.75) is 4.90 Å². The van der Waals surface area contributed by atoms with Crippen LogP contribution in [0.4, 0.5) is 0 Å². The molecule has 1 aromatic rings. The van der Waals surface area contributed by atoms with Gasteiger partial charge in [-0.25, -0.2) is 13.1 Å². The predicted octanol–water partition coefficient (Wildman–Crippen LogP) is 1.73. The maximum absolute atomic E-state index is 12.0. The van der Waals surface area contributed by atoms with E-state index in [1.165, 1.54) is 32.4 Å². The molecule has 0 atom stereocenters. The SMILES string of the molecule is C=C(Cl)CNS(=O)(=O)c1ccc(OC)cc1OC. The molecule has 0 aromatic heterocycles. The summed E-state index contributed by atoms with van der Waals surface area (Å²) in [7, 11) is -0.831. The zero-order valence-corrected chi connectivity index (χ0v) is 11.6. The molecule has 0 unspecified atom stereocenters. The number of benzene rings is 1. The van der Waals surface area contributed by atoms with E-state index in [-0.39, 0.29) is 22.2 Å². The van der Waals surface area contributed by atoms with Gasteiger partial charge in [0, 0.05) is 17.6 Å². The average Bonchev–Trinajstić information content (AvgIpc) is 2.35. The molecule has 0 amide bonds. The minimum Gasteiger partial charge on any atom is -0.497 e. The monoisotopic (exact) mass is 291 g/mol. The van der Waals surface area contributed by atoms with E-state index in [0.717, 1.165) is 0 Å². The summed E-state index contributed by atoms with van der Waals surface area (Å²) < 4.78 is 36.3. The van der Waals surface area contributed by atoms with Crippen molar-refractivity contribution in [2.75, 3.05) is 20.8 Å². The topological polar surface area (TPSA) is 64.6 Å². The van der Waals surface area contributed by atoms with Crippen LogP contribution in [0.2, 0.25) is 0 Å². The van der Waals surface area contributed by atoms with E-state index in [4.69, 9.17) is 21.1 Å². The van der Waals surface area contributed by atoms with Crippen LogP contribution in [0.25, 0.3) is 0 Å². The maximum atomic E-state index is 12.0. The zero-order chi connectivity index (χ0) is 13.8. The van der Waals surface area contributed by atoms with Gasteiger partial charge in [-0.15, -0.1) is 0 Å². The van der Waals surface area contributed by atoms with E-state index in [1.807, 2.05) is 0 Å². The lowest BCUT2D eigenvalue weighted by Gasteiger charge is -2.11. The van der Waals surface area contributed by atoms with Crippen LogP contribution in [0, 0.1) is 0 Å². The van der Waals surface area contributed by atoms with Crippen LogP contribution in [0.3, 0.4) is 0 Å². The van der Waals surface area contributed by atoms with Crippen LogP contribution < -0.4 is 14.2 Å². The smallest absolute Gasteiger partial charge is 0.244 e. The Bertz CT molecular complexity index is 542. The quantitative estimate of drug-likeness (QED) is 0.867. The Morgan fingerprint density at radius 1 is 1.39 bits per heavy atom. The molecule has 7 heteroatoms. The molecule has 0 aliphatic rings. The average molecular weight is 292 g/mol. The zero-order valence-electron chi connectivity index (χ0n) is 10.1. The van der Waals surface area contributed by atoms with E-state index >= 15 is 0 Å². The summed E-state index contributed by atoms with van der Waals surface area (Å²) in [6, 6.07) is 4.42. The fourth-order valence-corrected chi connectivity index (χ4v) is 2.57. The number of halogens is 1. The molecule has 0 bridgehead atoms. The highest BCUT2D eigenvalue weighted by Gasteiger charge is 2.19. The largest absolute Gasteiger partial charge is 0.497 e. The van der Waals surface area contributed by atoms with Gasteiger partial charge < -0.3 is 9.47 Å². The van der Waals surface area contributed by atoms with Crippen molar-refractivity contribution in [1.82, 2.24) is 4.72 Å². The summed E-state index contributed by atoms with van der Waals surface area (Å²) in [5.41, 5.74) is 0. The highest BCUT2D eigenvalue weighted by atomic mass is 35.5. The van der Waals surface area contributed by atoms with E-state index < -0.39 is 10.0 Å². The van der Waals surface area contributed by atoms with Crippen molar-refractivity contribution in [3.05, 3.63) is 29.8 Å². The Hall–Kier alpha value is -1.24. The molecule has 18 heavy (non-hydrogen) atoms. The van der Waals surface area contributed by atoms with Crippen molar-refractivity contribution < 1.29 is 17.9 Å². The number of rotatable bonds is 6. The summed E-state index contributed by atoms with van der Waals surface area (Å²) >= 11 is 5.52. The molecule has 0 aliphatic carbocycles. The van der Waals surface area contributed by atoms with Crippen molar-refractivity contribution >= 4 is 21.6 Å². The number of ether oxygens (including phenoxy) is 2. The van der Waals surface area contributed by atoms with Crippen molar-refractivity contribution in [3.8, 4) is 11.5 Å². The third-order valence-corrected chi connectivity index (χ3v) is 3.69. The second-order valence-corrected chi connectivity index (χ2v) is 5.63. The van der Waals surface area contributed by atoms with Crippen LogP contribution >= 0.6 is 11.6 Å². The van der Waals surface area contributed by atoms with Crippen LogP contribution in [0.5, 0.6) is 11.5 Å². The Balaban J connectivity index is 3.11. The molecule has 0 saturated heterocycles. The second-order valence-electron chi connectivity index (χ2n) is 3.36. The van der Waals surface area contributed by atoms with E-state index in [2.05, 4.69) is 11.3 Å². The number of methoxy groups -OCH3 is 2.